The maximum atomic E-state index is 12.5. The molecule has 0 spiro atoms. The van der Waals surface area contributed by atoms with Gasteiger partial charge in [0.15, 0.2) is 0 Å². The van der Waals surface area contributed by atoms with Crippen molar-refractivity contribution in [2.24, 2.45) is 11.6 Å². The van der Waals surface area contributed by atoms with Gasteiger partial charge in [0, 0.05) is 51.7 Å². The van der Waals surface area contributed by atoms with E-state index >= 15 is 0 Å². The van der Waals surface area contributed by atoms with Crippen LogP contribution in [0.2, 0.25) is 0 Å². The maximum Gasteiger partial charge on any atom is 0.326 e. The molecule has 0 rings (SSSR count). The van der Waals surface area contributed by atoms with E-state index in [-0.39, 0.29) is 123 Å². The number of nitrogens with one attached hydrogen (secondary N) is 7. The molecule has 0 fully saturated rings. The number of carboxylic acid groups (broad SMARTS) is 4. The first-order valence-electron chi connectivity index (χ1n) is 27.7. The normalized spacial score (nSPS) is 13.0. The number of ether oxygens (including phenoxy) is 4. The van der Waals surface area contributed by atoms with Gasteiger partial charge in [-0.15, -0.1) is 0 Å². The molecule has 0 radical (unpaired) electrons. The lowest BCUT2D eigenvalue weighted by Crippen LogP contribution is -2.47. The number of hydrogen-bond donors (Lipinski definition) is 14. The molecular formula is C51H93N9O19. The van der Waals surface area contributed by atoms with E-state index in [4.69, 9.17) is 35.6 Å². The minimum absolute atomic E-state index is 0.0101. The van der Waals surface area contributed by atoms with Gasteiger partial charge in [0.25, 0.3) is 0 Å². The second-order valence-electron chi connectivity index (χ2n) is 19.0. The Labute approximate surface area is 463 Å². The summed E-state index contributed by atoms with van der Waals surface area (Å²) in [5.41, 5.74) is 7.48. The van der Waals surface area contributed by atoms with Crippen molar-refractivity contribution in [2.45, 2.75) is 191 Å². The van der Waals surface area contributed by atoms with Crippen molar-refractivity contribution in [2.75, 3.05) is 72.5 Å². The SMILES string of the molecule is NN[C@@H](CCCCNC(=O)CC[C@H](NC(=O)CC[C@H](NC(O)COCCOCCNC(=O)COCCOCCNC(=O)CC[C@H](NC(=O)CCCCCCCCCCCCCCCCC(=O)O)C(=O)O)C(=O)O)C(=O)O)C(N)=O. The number of carbonyl (C=O) groups is 10. The number of carboxylic acids is 4. The number of aliphatic hydroxyl groups excluding tert-OH is 1. The topological polar surface area (TPSA) is 445 Å². The first-order chi connectivity index (χ1) is 37.9. The summed E-state index contributed by atoms with van der Waals surface area (Å²) in [7, 11) is 0. The first-order valence-corrected chi connectivity index (χ1v) is 27.7. The lowest BCUT2D eigenvalue weighted by Gasteiger charge is -2.20. The third kappa shape index (κ3) is 45.9. The minimum Gasteiger partial charge on any atom is -0.481 e. The van der Waals surface area contributed by atoms with Crippen LogP contribution in [-0.4, -0.2) is 188 Å². The van der Waals surface area contributed by atoms with Crippen LogP contribution >= 0.6 is 0 Å². The number of primary amides is 1. The monoisotopic (exact) mass is 1140 g/mol. The smallest absolute Gasteiger partial charge is 0.326 e. The summed E-state index contributed by atoms with van der Waals surface area (Å²) < 4.78 is 21.3. The molecule has 28 nitrogen and oxygen atoms in total. The Morgan fingerprint density at radius 3 is 1.27 bits per heavy atom. The van der Waals surface area contributed by atoms with E-state index < -0.39 is 90.2 Å². The van der Waals surface area contributed by atoms with Crippen LogP contribution in [0.25, 0.3) is 0 Å². The van der Waals surface area contributed by atoms with Crippen LogP contribution in [0.15, 0.2) is 0 Å². The van der Waals surface area contributed by atoms with Crippen LogP contribution in [-0.2, 0) is 66.9 Å². The molecule has 0 aromatic heterocycles. The van der Waals surface area contributed by atoms with Crippen LogP contribution in [0.5, 0.6) is 0 Å². The van der Waals surface area contributed by atoms with Crippen molar-refractivity contribution in [3.05, 3.63) is 0 Å². The fraction of sp³-hybridized carbons (Fsp3) is 0.804. The van der Waals surface area contributed by atoms with Gasteiger partial charge in [-0.2, -0.15) is 0 Å². The molecule has 0 saturated carbocycles. The fourth-order valence-corrected chi connectivity index (χ4v) is 7.68. The second kappa shape index (κ2) is 49.4. The van der Waals surface area contributed by atoms with E-state index in [1.165, 1.54) is 32.1 Å². The number of amides is 6. The average molecular weight is 1140 g/mol. The van der Waals surface area contributed by atoms with Crippen LogP contribution in [0.4, 0.5) is 0 Å². The number of carbonyl (C=O) groups excluding carboxylic acids is 6. The summed E-state index contributed by atoms with van der Waals surface area (Å²) in [4.78, 5) is 118. The van der Waals surface area contributed by atoms with E-state index in [0.29, 0.717) is 25.7 Å². The Hall–Kier alpha value is -5.62. The molecule has 0 aromatic carbocycles. The molecule has 79 heavy (non-hydrogen) atoms. The number of hydrazine groups is 1. The lowest BCUT2D eigenvalue weighted by molar-refractivity contribution is -0.143. The Bertz CT molecular complexity index is 1750. The highest BCUT2D eigenvalue weighted by Crippen LogP contribution is 2.14. The molecule has 0 aromatic rings. The number of rotatable bonds is 56. The summed E-state index contributed by atoms with van der Waals surface area (Å²) in [6.07, 6.45) is 13.9. The van der Waals surface area contributed by atoms with Gasteiger partial charge in [-0.1, -0.05) is 77.0 Å². The standard InChI is InChI=1S/C51H93N9O19/c52-48(69)37(60-53)17-15-16-26-54-41(61)23-20-39(50(72)73)58-44(64)25-22-40(51(74)75)59-46(66)36-79-34-32-77-30-28-56-45(65)35-78-33-31-76-29-27-55-42(62)24-21-38(49(70)71)57-43(63)18-13-11-9-7-5-3-1-2-4-6-8-10-12-14-19-47(67)68/h37-40,46,59-60,66H,1-36,53H2,(H2,52,69)(H,54,61)(H,55,62)(H,56,65)(H,57,63)(H,58,64)(H,67,68)(H,70,71)(H,72,73)(H,74,75)/t37-,38-,39-,40-,46?/m0/s1. The zero-order valence-corrected chi connectivity index (χ0v) is 45.9. The molecule has 0 aliphatic heterocycles. The quantitative estimate of drug-likeness (QED) is 0.0166. The highest BCUT2D eigenvalue weighted by Gasteiger charge is 2.25. The van der Waals surface area contributed by atoms with Gasteiger partial charge in [-0.3, -0.25) is 49.5 Å². The molecule has 5 atom stereocenters. The van der Waals surface area contributed by atoms with Crippen molar-refractivity contribution in [3.63, 3.8) is 0 Å². The van der Waals surface area contributed by atoms with E-state index in [9.17, 15) is 68.4 Å². The number of unbranched alkanes of at least 4 members (excludes halogenated alkanes) is 14. The van der Waals surface area contributed by atoms with Gasteiger partial charge in [-0.25, -0.2) is 15.0 Å². The lowest BCUT2D eigenvalue weighted by atomic mass is 10.0. The summed E-state index contributed by atoms with van der Waals surface area (Å²) >= 11 is 0. The van der Waals surface area contributed by atoms with Crippen molar-refractivity contribution in [1.29, 1.82) is 0 Å². The number of aliphatic carboxylic acids is 4. The van der Waals surface area contributed by atoms with Crippen molar-refractivity contribution in [1.82, 2.24) is 37.3 Å². The summed E-state index contributed by atoms with van der Waals surface area (Å²) in [5.74, 6) is -2.46. The van der Waals surface area contributed by atoms with Gasteiger partial charge in [0.05, 0.1) is 52.3 Å². The number of aliphatic hydroxyl groups is 1. The highest BCUT2D eigenvalue weighted by molar-refractivity contribution is 5.86. The summed E-state index contributed by atoms with van der Waals surface area (Å²) in [6, 6.07) is -4.69. The van der Waals surface area contributed by atoms with Crippen molar-refractivity contribution >= 4 is 59.3 Å². The maximum absolute atomic E-state index is 12.5. The molecule has 0 aliphatic carbocycles. The van der Waals surface area contributed by atoms with E-state index in [1.54, 1.807) is 0 Å². The number of nitrogens with two attached hydrogens (primary N) is 2. The molecular weight excluding hydrogens is 1040 g/mol. The molecule has 1 unspecified atom stereocenters. The van der Waals surface area contributed by atoms with Crippen LogP contribution < -0.4 is 48.9 Å². The largest absolute Gasteiger partial charge is 0.481 e. The second-order valence-corrected chi connectivity index (χ2v) is 19.0. The minimum atomic E-state index is -1.44. The van der Waals surface area contributed by atoms with Crippen molar-refractivity contribution < 1.29 is 92.4 Å². The van der Waals surface area contributed by atoms with E-state index in [0.717, 1.165) is 51.4 Å². The van der Waals surface area contributed by atoms with Gasteiger partial charge >= 0.3 is 23.9 Å². The molecule has 0 heterocycles. The first kappa shape index (κ1) is 73.4. The zero-order valence-electron chi connectivity index (χ0n) is 45.9. The Balaban J connectivity index is 3.96. The van der Waals surface area contributed by atoms with Crippen LogP contribution in [0, 0.1) is 0 Å². The Morgan fingerprint density at radius 2 is 0.797 bits per heavy atom. The van der Waals surface area contributed by atoms with Crippen LogP contribution in [0.3, 0.4) is 0 Å². The third-order valence-electron chi connectivity index (χ3n) is 12.2. The van der Waals surface area contributed by atoms with Gasteiger partial charge in [0.2, 0.25) is 35.4 Å². The molecule has 0 bridgehead atoms. The van der Waals surface area contributed by atoms with Crippen LogP contribution in [0.1, 0.15) is 161 Å². The molecule has 16 N–H and O–H groups in total. The van der Waals surface area contributed by atoms with Gasteiger partial charge in [-0.05, 0) is 51.4 Å². The zero-order chi connectivity index (χ0) is 58.9. The van der Waals surface area contributed by atoms with Gasteiger partial charge in [0.1, 0.15) is 31.0 Å². The predicted octanol–water partition coefficient (Wildman–Crippen LogP) is 0.0557. The molecule has 28 heteroatoms. The van der Waals surface area contributed by atoms with E-state index in [2.05, 4.69) is 37.3 Å². The predicted molar refractivity (Wildman–Crippen MR) is 285 cm³/mol. The molecule has 6 amide bonds. The summed E-state index contributed by atoms with van der Waals surface area (Å²) in [5, 5.41) is 62.6. The summed E-state index contributed by atoms with van der Waals surface area (Å²) in [6.45, 7) is 0.576. The van der Waals surface area contributed by atoms with E-state index in [1.807, 2.05) is 0 Å². The highest BCUT2D eigenvalue weighted by atomic mass is 16.5. The average Bonchev–Trinajstić information content (AvgIpc) is 3.39. The Morgan fingerprint density at radius 1 is 0.392 bits per heavy atom. The molecule has 0 saturated heterocycles. The Kier molecular flexibility index (Phi) is 45.9. The molecule has 456 valence electrons. The number of hydrogen-bond acceptors (Lipinski definition) is 18. The van der Waals surface area contributed by atoms with Gasteiger partial charge < -0.3 is 76.8 Å². The fourth-order valence-electron chi connectivity index (χ4n) is 7.68. The van der Waals surface area contributed by atoms with Crippen molar-refractivity contribution in [3.8, 4) is 0 Å². The molecule has 0 aliphatic rings. The third-order valence-corrected chi connectivity index (χ3v) is 12.2.